The molecule has 0 aliphatic heterocycles. The van der Waals surface area contributed by atoms with E-state index in [1.807, 2.05) is 6.92 Å². The van der Waals surface area contributed by atoms with Crippen LogP contribution in [0.1, 0.15) is 52.9 Å². The molecule has 0 aromatic rings. The van der Waals surface area contributed by atoms with E-state index in [0.717, 1.165) is 31.5 Å². The van der Waals surface area contributed by atoms with Crippen LogP contribution in [0.15, 0.2) is 11.8 Å². The number of hydrogen-bond acceptors (Lipinski definition) is 1. The first kappa shape index (κ1) is 13.2. The monoisotopic (exact) mass is 197 g/mol. The van der Waals surface area contributed by atoms with Crippen molar-refractivity contribution < 1.29 is 4.79 Å². The first-order valence-electron chi connectivity index (χ1n) is 5.64. The van der Waals surface area contributed by atoms with Gasteiger partial charge < -0.3 is 4.90 Å². The lowest BCUT2D eigenvalue weighted by atomic mass is 10.2. The van der Waals surface area contributed by atoms with E-state index >= 15 is 0 Å². The van der Waals surface area contributed by atoms with Gasteiger partial charge in [0.25, 0.3) is 0 Å². The normalized spacial score (nSPS) is 11.5. The molecule has 0 aliphatic rings. The highest BCUT2D eigenvalue weighted by atomic mass is 16.1. The summed E-state index contributed by atoms with van der Waals surface area (Å²) in [5, 5.41) is 0. The molecule has 0 unspecified atom stereocenters. The summed E-state index contributed by atoms with van der Waals surface area (Å²) in [6, 6.07) is 0. The summed E-state index contributed by atoms with van der Waals surface area (Å²) in [4.78, 5) is 12.6. The van der Waals surface area contributed by atoms with Crippen LogP contribution >= 0.6 is 0 Å². The van der Waals surface area contributed by atoms with Crippen LogP contribution in [0.3, 0.4) is 0 Å². The van der Waals surface area contributed by atoms with E-state index in [-0.39, 0.29) is 0 Å². The zero-order valence-electron chi connectivity index (χ0n) is 9.75. The van der Waals surface area contributed by atoms with Crippen molar-refractivity contribution in [1.29, 1.82) is 0 Å². The van der Waals surface area contributed by atoms with Gasteiger partial charge in [-0.15, -0.1) is 0 Å². The van der Waals surface area contributed by atoms with Crippen molar-refractivity contribution in [3.05, 3.63) is 11.8 Å². The predicted molar refractivity (Wildman–Crippen MR) is 61.0 cm³/mol. The Hall–Kier alpha value is -0.790. The minimum Gasteiger partial charge on any atom is -0.319 e. The maximum Gasteiger partial charge on any atom is 0.213 e. The zero-order chi connectivity index (χ0) is 10.8. The molecule has 82 valence electrons. The van der Waals surface area contributed by atoms with Gasteiger partial charge in [-0.25, -0.2) is 0 Å². The van der Waals surface area contributed by atoms with E-state index in [2.05, 4.69) is 19.9 Å². The van der Waals surface area contributed by atoms with Crippen molar-refractivity contribution in [2.75, 3.05) is 6.54 Å². The molecular weight excluding hydrogens is 174 g/mol. The molecule has 2 nitrogen and oxygen atoms in total. The number of carbonyl (C=O) groups is 1. The maximum absolute atomic E-state index is 10.8. The Bertz CT molecular complexity index is 175. The fraction of sp³-hybridized carbons (Fsp3) is 0.750. The quantitative estimate of drug-likeness (QED) is 0.431. The van der Waals surface area contributed by atoms with Gasteiger partial charge in [-0.1, -0.05) is 39.2 Å². The maximum atomic E-state index is 10.8. The second-order valence-corrected chi connectivity index (χ2v) is 3.61. The first-order chi connectivity index (χ1) is 6.76. The van der Waals surface area contributed by atoms with Gasteiger partial charge >= 0.3 is 0 Å². The molecule has 0 aliphatic carbocycles. The van der Waals surface area contributed by atoms with E-state index < -0.39 is 0 Å². The molecule has 0 atom stereocenters. The van der Waals surface area contributed by atoms with Gasteiger partial charge in [0.1, 0.15) is 0 Å². The van der Waals surface area contributed by atoms with Crippen molar-refractivity contribution in [1.82, 2.24) is 4.90 Å². The molecule has 0 fully saturated rings. The van der Waals surface area contributed by atoms with Crippen LogP contribution in [0.4, 0.5) is 0 Å². The van der Waals surface area contributed by atoms with Crippen LogP contribution in [0.25, 0.3) is 0 Å². The predicted octanol–water partition coefficient (Wildman–Crippen LogP) is 3.34. The molecule has 0 saturated carbocycles. The number of nitrogens with zero attached hydrogens (tertiary/aromatic N) is 1. The van der Waals surface area contributed by atoms with Gasteiger partial charge in [-0.2, -0.15) is 0 Å². The Balaban J connectivity index is 3.79. The molecule has 0 aromatic carbocycles. The van der Waals surface area contributed by atoms with Crippen LogP contribution in [-0.4, -0.2) is 17.9 Å². The van der Waals surface area contributed by atoms with Gasteiger partial charge in [-0.3, -0.25) is 4.79 Å². The summed E-state index contributed by atoms with van der Waals surface area (Å²) in [6.07, 6.45) is 8.86. The van der Waals surface area contributed by atoms with Crippen LogP contribution < -0.4 is 0 Å². The number of amides is 1. The molecule has 1 amide bonds. The SMILES string of the molecule is CC/C=C(\C)N(C=O)CCCCCC. The van der Waals surface area contributed by atoms with Crippen LogP contribution in [-0.2, 0) is 4.79 Å². The number of rotatable bonds is 8. The first-order valence-corrected chi connectivity index (χ1v) is 5.64. The van der Waals surface area contributed by atoms with Crippen LogP contribution in [0.2, 0.25) is 0 Å². The summed E-state index contributed by atoms with van der Waals surface area (Å²) in [5.74, 6) is 0. The average Bonchev–Trinajstić information content (AvgIpc) is 2.18. The third-order valence-electron chi connectivity index (χ3n) is 2.33. The van der Waals surface area contributed by atoms with Gasteiger partial charge in [0.15, 0.2) is 0 Å². The smallest absolute Gasteiger partial charge is 0.213 e. The van der Waals surface area contributed by atoms with Gasteiger partial charge in [0.05, 0.1) is 0 Å². The molecule has 2 heteroatoms. The summed E-state index contributed by atoms with van der Waals surface area (Å²) in [6.45, 7) is 7.15. The van der Waals surface area contributed by atoms with Gasteiger partial charge in [0, 0.05) is 12.2 Å². The summed E-state index contributed by atoms with van der Waals surface area (Å²) >= 11 is 0. The molecule has 0 bridgehead atoms. The van der Waals surface area contributed by atoms with E-state index in [1.165, 1.54) is 19.3 Å². The minimum atomic E-state index is 0.867. The largest absolute Gasteiger partial charge is 0.319 e. The summed E-state index contributed by atoms with van der Waals surface area (Å²) in [7, 11) is 0. The molecule has 0 radical (unpaired) electrons. The Kier molecular flexibility index (Phi) is 8.30. The number of hydrogen-bond donors (Lipinski definition) is 0. The highest BCUT2D eigenvalue weighted by molar-refractivity contribution is 5.50. The molecule has 0 aromatic heterocycles. The fourth-order valence-corrected chi connectivity index (χ4v) is 1.43. The molecule has 0 heterocycles. The standard InChI is InChI=1S/C12H23NO/c1-4-6-7-8-10-13(11-14)12(3)9-5-2/h9,11H,4-8,10H2,1-3H3/b12-9+. The topological polar surface area (TPSA) is 20.3 Å². The van der Waals surface area contributed by atoms with Crippen molar-refractivity contribution in [2.24, 2.45) is 0 Å². The van der Waals surface area contributed by atoms with E-state index in [9.17, 15) is 4.79 Å². The molecular formula is C12H23NO. The lowest BCUT2D eigenvalue weighted by molar-refractivity contribution is -0.116. The summed E-state index contributed by atoms with van der Waals surface area (Å²) < 4.78 is 0. The second kappa shape index (κ2) is 8.79. The summed E-state index contributed by atoms with van der Waals surface area (Å²) in [5.41, 5.74) is 1.08. The molecule has 0 rings (SSSR count). The minimum absolute atomic E-state index is 0.867. The number of allylic oxidation sites excluding steroid dienone is 2. The second-order valence-electron chi connectivity index (χ2n) is 3.61. The number of carbonyl (C=O) groups excluding carboxylic acids is 1. The highest BCUT2D eigenvalue weighted by Gasteiger charge is 2.01. The van der Waals surface area contributed by atoms with Crippen LogP contribution in [0, 0.1) is 0 Å². The molecule has 0 saturated heterocycles. The van der Waals surface area contributed by atoms with Crippen molar-refractivity contribution >= 4 is 6.41 Å². The van der Waals surface area contributed by atoms with Crippen molar-refractivity contribution in [2.45, 2.75) is 52.9 Å². The molecule has 14 heavy (non-hydrogen) atoms. The van der Waals surface area contributed by atoms with Gasteiger partial charge in [-0.05, 0) is 19.8 Å². The van der Waals surface area contributed by atoms with Crippen molar-refractivity contribution in [3.63, 3.8) is 0 Å². The van der Waals surface area contributed by atoms with Crippen LogP contribution in [0.5, 0.6) is 0 Å². The van der Waals surface area contributed by atoms with Gasteiger partial charge in [0.2, 0.25) is 6.41 Å². The van der Waals surface area contributed by atoms with Crippen molar-refractivity contribution in [3.8, 4) is 0 Å². The Morgan fingerprint density at radius 1 is 1.21 bits per heavy atom. The van der Waals surface area contributed by atoms with E-state index in [1.54, 1.807) is 4.90 Å². The van der Waals surface area contributed by atoms with E-state index in [0.29, 0.717) is 0 Å². The highest BCUT2D eigenvalue weighted by Crippen LogP contribution is 2.06. The fourth-order valence-electron chi connectivity index (χ4n) is 1.43. The Labute approximate surface area is 88.0 Å². The Morgan fingerprint density at radius 2 is 1.93 bits per heavy atom. The van der Waals surface area contributed by atoms with E-state index in [4.69, 9.17) is 0 Å². The Morgan fingerprint density at radius 3 is 2.43 bits per heavy atom. The third kappa shape index (κ3) is 5.79. The lowest BCUT2D eigenvalue weighted by Crippen LogP contribution is -2.20. The molecule has 0 spiro atoms. The lowest BCUT2D eigenvalue weighted by Gasteiger charge is -2.17. The third-order valence-corrected chi connectivity index (χ3v) is 2.33. The number of unbranched alkanes of at least 4 members (excludes halogenated alkanes) is 3. The molecule has 0 N–H and O–H groups in total. The average molecular weight is 197 g/mol. The zero-order valence-corrected chi connectivity index (χ0v) is 9.75.